The Labute approximate surface area is 125 Å². The van der Waals surface area contributed by atoms with Gasteiger partial charge in [0.15, 0.2) is 0 Å². The second-order valence-corrected chi connectivity index (χ2v) is 6.02. The number of nitrogens with one attached hydrogen (secondary N) is 2. The lowest BCUT2D eigenvalue weighted by molar-refractivity contribution is -0.150. The molecule has 2 unspecified atom stereocenters. The van der Waals surface area contributed by atoms with Gasteiger partial charge < -0.3 is 20.6 Å². The van der Waals surface area contributed by atoms with Gasteiger partial charge in [0.25, 0.3) is 0 Å². The van der Waals surface area contributed by atoms with Crippen LogP contribution < -0.4 is 10.6 Å². The number of carboxylic acid groups (broad SMARTS) is 1. The van der Waals surface area contributed by atoms with Crippen molar-refractivity contribution in [2.45, 2.75) is 64.6 Å². The van der Waals surface area contributed by atoms with Crippen molar-refractivity contribution in [3.8, 4) is 0 Å². The van der Waals surface area contributed by atoms with Gasteiger partial charge in [-0.05, 0) is 47.0 Å². The van der Waals surface area contributed by atoms with Crippen LogP contribution in [-0.2, 0) is 9.59 Å². The summed E-state index contributed by atoms with van der Waals surface area (Å²) in [6.07, 6.45) is 1.96. The van der Waals surface area contributed by atoms with Gasteiger partial charge >= 0.3 is 12.0 Å². The van der Waals surface area contributed by atoms with Crippen molar-refractivity contribution in [1.82, 2.24) is 15.5 Å². The molecule has 3 N–H and O–H groups in total. The van der Waals surface area contributed by atoms with E-state index in [2.05, 4.69) is 10.6 Å². The number of carbonyl (C=O) groups excluding carboxylic acids is 2. The number of rotatable bonds is 4. The molecule has 0 aromatic carbocycles. The van der Waals surface area contributed by atoms with E-state index in [4.69, 9.17) is 0 Å². The van der Waals surface area contributed by atoms with Crippen LogP contribution in [0.15, 0.2) is 0 Å². The zero-order chi connectivity index (χ0) is 16.2. The Morgan fingerprint density at radius 3 is 2.29 bits per heavy atom. The Morgan fingerprint density at radius 1 is 1.14 bits per heavy atom. The summed E-state index contributed by atoms with van der Waals surface area (Å²) in [6.45, 7) is 7.18. The van der Waals surface area contributed by atoms with Crippen LogP contribution in [0, 0.1) is 0 Å². The topological polar surface area (TPSA) is 98.7 Å². The molecule has 1 heterocycles. The summed E-state index contributed by atoms with van der Waals surface area (Å²) in [5.74, 6) is -1.30. The highest BCUT2D eigenvalue weighted by Crippen LogP contribution is 2.28. The van der Waals surface area contributed by atoms with Crippen LogP contribution in [0.2, 0.25) is 0 Å². The molecule has 21 heavy (non-hydrogen) atoms. The fourth-order valence-corrected chi connectivity index (χ4v) is 2.41. The molecule has 120 valence electrons. The van der Waals surface area contributed by atoms with Gasteiger partial charge in [-0.25, -0.2) is 9.59 Å². The standard InChI is InChI=1S/C14H25N3O4/c1-9(2)15-11(18)10(3)16-13(21)17-8-6-5-7-14(17,4)12(19)20/h9-10H,5-8H2,1-4H3,(H,15,18)(H,16,21)(H,19,20). The first kappa shape index (κ1) is 17.3. The van der Waals surface area contributed by atoms with Crippen molar-refractivity contribution < 1.29 is 19.5 Å². The van der Waals surface area contributed by atoms with Gasteiger partial charge in [-0.2, -0.15) is 0 Å². The number of urea groups is 1. The van der Waals surface area contributed by atoms with Gasteiger partial charge in [0.1, 0.15) is 11.6 Å². The van der Waals surface area contributed by atoms with Crippen molar-refractivity contribution in [3.05, 3.63) is 0 Å². The Kier molecular flexibility index (Phi) is 5.57. The summed E-state index contributed by atoms with van der Waals surface area (Å²) in [7, 11) is 0. The molecule has 1 rings (SSSR count). The minimum Gasteiger partial charge on any atom is -0.480 e. The van der Waals surface area contributed by atoms with E-state index in [1.165, 1.54) is 4.90 Å². The fraction of sp³-hybridized carbons (Fsp3) is 0.786. The predicted molar refractivity (Wildman–Crippen MR) is 77.9 cm³/mol. The molecule has 3 amide bonds. The third-order valence-corrected chi connectivity index (χ3v) is 3.76. The van der Waals surface area contributed by atoms with E-state index >= 15 is 0 Å². The zero-order valence-corrected chi connectivity index (χ0v) is 13.1. The third-order valence-electron chi connectivity index (χ3n) is 3.76. The van der Waals surface area contributed by atoms with Crippen LogP contribution in [0.3, 0.4) is 0 Å². The minimum absolute atomic E-state index is 0.0175. The second kappa shape index (κ2) is 6.78. The number of aliphatic carboxylic acids is 1. The maximum Gasteiger partial charge on any atom is 0.329 e. The minimum atomic E-state index is -1.21. The lowest BCUT2D eigenvalue weighted by Crippen LogP contribution is -2.62. The molecule has 0 radical (unpaired) electrons. The molecule has 7 heteroatoms. The number of amides is 3. The first-order chi connectivity index (χ1) is 9.68. The smallest absolute Gasteiger partial charge is 0.329 e. The molecule has 0 aromatic rings. The van der Waals surface area contributed by atoms with Crippen LogP contribution in [0.4, 0.5) is 4.79 Å². The highest BCUT2D eigenvalue weighted by Gasteiger charge is 2.44. The number of likely N-dealkylation sites (tertiary alicyclic amines) is 1. The van der Waals surface area contributed by atoms with E-state index in [-0.39, 0.29) is 11.9 Å². The highest BCUT2D eigenvalue weighted by atomic mass is 16.4. The van der Waals surface area contributed by atoms with E-state index in [1.807, 2.05) is 13.8 Å². The molecule has 1 fully saturated rings. The van der Waals surface area contributed by atoms with Crippen LogP contribution in [-0.4, -0.2) is 52.1 Å². The molecular weight excluding hydrogens is 274 g/mol. The predicted octanol–water partition coefficient (Wildman–Crippen LogP) is 0.938. The van der Waals surface area contributed by atoms with Crippen molar-refractivity contribution in [3.63, 3.8) is 0 Å². The normalized spacial score (nSPS) is 23.6. The molecule has 1 aliphatic heterocycles. The van der Waals surface area contributed by atoms with E-state index in [0.29, 0.717) is 13.0 Å². The summed E-state index contributed by atoms with van der Waals surface area (Å²) >= 11 is 0. The molecule has 2 atom stereocenters. The van der Waals surface area contributed by atoms with Crippen LogP contribution in [0.5, 0.6) is 0 Å². The molecule has 7 nitrogen and oxygen atoms in total. The zero-order valence-electron chi connectivity index (χ0n) is 13.1. The number of carboxylic acids is 1. The quantitative estimate of drug-likeness (QED) is 0.719. The van der Waals surface area contributed by atoms with Gasteiger partial charge in [0, 0.05) is 12.6 Å². The number of carbonyl (C=O) groups is 3. The summed E-state index contributed by atoms with van der Waals surface area (Å²) in [5, 5.41) is 14.7. The third kappa shape index (κ3) is 4.09. The maximum atomic E-state index is 12.3. The number of hydrogen-bond acceptors (Lipinski definition) is 3. The van der Waals surface area contributed by atoms with Crippen molar-refractivity contribution in [2.24, 2.45) is 0 Å². The summed E-state index contributed by atoms with van der Waals surface area (Å²) < 4.78 is 0. The summed E-state index contributed by atoms with van der Waals surface area (Å²) in [4.78, 5) is 36.9. The van der Waals surface area contributed by atoms with Gasteiger partial charge in [-0.1, -0.05) is 0 Å². The Hall–Kier alpha value is -1.79. The Bertz CT molecular complexity index is 424. The average molecular weight is 299 g/mol. The first-order valence-electron chi connectivity index (χ1n) is 7.30. The SMILES string of the molecule is CC(C)NC(=O)C(C)NC(=O)N1CCCCC1(C)C(=O)O. The lowest BCUT2D eigenvalue weighted by Gasteiger charge is -2.41. The molecule has 1 aliphatic rings. The molecular formula is C14H25N3O4. The molecule has 0 aromatic heterocycles. The number of nitrogens with zero attached hydrogens (tertiary/aromatic N) is 1. The summed E-state index contributed by atoms with van der Waals surface area (Å²) in [6, 6.07) is -1.23. The average Bonchev–Trinajstić information content (AvgIpc) is 2.37. The van der Waals surface area contributed by atoms with Gasteiger partial charge in [-0.15, -0.1) is 0 Å². The molecule has 1 saturated heterocycles. The number of piperidine rings is 1. The maximum absolute atomic E-state index is 12.3. The van der Waals surface area contributed by atoms with Gasteiger partial charge in [-0.3, -0.25) is 4.79 Å². The first-order valence-corrected chi connectivity index (χ1v) is 7.30. The molecule has 0 aliphatic carbocycles. The highest BCUT2D eigenvalue weighted by molar-refractivity contribution is 5.90. The molecule has 0 bridgehead atoms. The lowest BCUT2D eigenvalue weighted by atomic mass is 9.89. The second-order valence-electron chi connectivity index (χ2n) is 6.02. The largest absolute Gasteiger partial charge is 0.480 e. The summed E-state index contributed by atoms with van der Waals surface area (Å²) in [5.41, 5.74) is -1.21. The van der Waals surface area contributed by atoms with Crippen molar-refractivity contribution in [1.29, 1.82) is 0 Å². The van der Waals surface area contributed by atoms with Crippen LogP contribution >= 0.6 is 0 Å². The van der Waals surface area contributed by atoms with Crippen LogP contribution in [0.25, 0.3) is 0 Å². The van der Waals surface area contributed by atoms with E-state index in [1.54, 1.807) is 13.8 Å². The van der Waals surface area contributed by atoms with Crippen molar-refractivity contribution >= 4 is 17.9 Å². The Morgan fingerprint density at radius 2 is 1.76 bits per heavy atom. The van der Waals surface area contributed by atoms with E-state index < -0.39 is 23.6 Å². The Balaban J connectivity index is 2.73. The van der Waals surface area contributed by atoms with E-state index in [9.17, 15) is 19.5 Å². The van der Waals surface area contributed by atoms with Gasteiger partial charge in [0.05, 0.1) is 0 Å². The number of hydrogen-bond donors (Lipinski definition) is 3. The molecule has 0 saturated carbocycles. The van der Waals surface area contributed by atoms with Gasteiger partial charge in [0.2, 0.25) is 5.91 Å². The van der Waals surface area contributed by atoms with E-state index in [0.717, 1.165) is 12.8 Å². The van der Waals surface area contributed by atoms with Crippen molar-refractivity contribution in [2.75, 3.05) is 6.54 Å². The van der Waals surface area contributed by atoms with Crippen LogP contribution in [0.1, 0.15) is 47.0 Å². The monoisotopic (exact) mass is 299 g/mol. The fourth-order valence-electron chi connectivity index (χ4n) is 2.41. The molecule has 0 spiro atoms.